The number of carbonyl (C=O) groups excluding carboxylic acids is 2. The average Bonchev–Trinajstić information content (AvgIpc) is 3.33. The highest BCUT2D eigenvalue weighted by Gasteiger charge is 2.28. The molecule has 3 atom stereocenters. The van der Waals surface area contributed by atoms with E-state index in [-0.39, 0.29) is 23.8 Å². The molecule has 5 nitrogen and oxygen atoms in total. The first kappa shape index (κ1) is 22.7. The Morgan fingerprint density at radius 1 is 1.41 bits per heavy atom. The molecule has 1 aromatic heterocycles. The van der Waals surface area contributed by atoms with Crippen LogP contribution in [0.2, 0.25) is 0 Å². The second-order valence-electron chi connectivity index (χ2n) is 6.85. The molecule has 0 saturated carbocycles. The van der Waals surface area contributed by atoms with Crippen LogP contribution in [-0.4, -0.2) is 47.7 Å². The lowest BCUT2D eigenvalue weighted by Gasteiger charge is -2.20. The molecular formula is C23H27NO4S. The van der Waals surface area contributed by atoms with E-state index in [4.69, 9.17) is 0 Å². The van der Waals surface area contributed by atoms with Crippen molar-refractivity contribution in [3.63, 3.8) is 0 Å². The highest BCUT2D eigenvalue weighted by Crippen LogP contribution is 2.21. The number of carbonyl (C=O) groups is 2. The summed E-state index contributed by atoms with van der Waals surface area (Å²) in [4.78, 5) is 26.7. The maximum Gasteiger partial charge on any atom is 0.348 e. The number of esters is 1. The summed E-state index contributed by atoms with van der Waals surface area (Å²) in [5.41, 5.74) is 0. The van der Waals surface area contributed by atoms with E-state index in [2.05, 4.69) is 28.4 Å². The van der Waals surface area contributed by atoms with Gasteiger partial charge in [-0.1, -0.05) is 37.8 Å². The number of nitrogens with zero attached hydrogens (tertiary/aromatic N) is 1. The number of amides is 1. The van der Waals surface area contributed by atoms with E-state index >= 15 is 0 Å². The van der Waals surface area contributed by atoms with E-state index in [0.717, 1.165) is 17.7 Å². The summed E-state index contributed by atoms with van der Waals surface area (Å²) in [5, 5.41) is 10.3. The largest absolute Gasteiger partial charge is 0.465 e. The Labute approximate surface area is 176 Å². The molecule has 2 rings (SSSR count). The zero-order valence-corrected chi connectivity index (χ0v) is 17.9. The highest BCUT2D eigenvalue weighted by atomic mass is 32.1. The van der Waals surface area contributed by atoms with Crippen LogP contribution in [0.5, 0.6) is 0 Å². The topological polar surface area (TPSA) is 66.8 Å². The standard InChI is InChI=1S/C23H27NO4S/c1-4-5-6-8-17(2)20(25)13-10-18-11-15-22(26)24(18)16-7-9-19-12-14-21(29-19)23(27)28-3/h10,12-14,17-18,20,25H,4,8,11,15-16H2,1-3H3/b13-10+/t17?,18-,20-/m0/s1. The molecule has 1 N–H and O–H groups in total. The number of rotatable bonds is 6. The summed E-state index contributed by atoms with van der Waals surface area (Å²) in [6, 6.07) is 3.39. The van der Waals surface area contributed by atoms with Crippen LogP contribution in [0.15, 0.2) is 24.3 Å². The zero-order chi connectivity index (χ0) is 21.2. The third-order valence-electron chi connectivity index (χ3n) is 4.67. The van der Waals surface area contributed by atoms with Crippen molar-refractivity contribution in [1.29, 1.82) is 0 Å². The number of likely N-dealkylation sites (tertiary alicyclic amines) is 1. The predicted molar refractivity (Wildman–Crippen MR) is 114 cm³/mol. The maximum atomic E-state index is 12.2. The van der Waals surface area contributed by atoms with E-state index in [0.29, 0.717) is 24.3 Å². The summed E-state index contributed by atoms with van der Waals surface area (Å²) in [6.45, 7) is 4.28. The van der Waals surface area contributed by atoms with Crippen molar-refractivity contribution in [3.8, 4) is 23.7 Å². The molecule has 1 saturated heterocycles. The molecule has 0 spiro atoms. The van der Waals surface area contributed by atoms with E-state index < -0.39 is 6.10 Å². The Hall–Kier alpha value is -2.54. The molecule has 1 aliphatic heterocycles. The van der Waals surface area contributed by atoms with Gasteiger partial charge in [0.1, 0.15) is 4.88 Å². The number of aliphatic hydroxyl groups is 1. The van der Waals surface area contributed by atoms with E-state index in [1.807, 2.05) is 19.9 Å². The fourth-order valence-electron chi connectivity index (χ4n) is 2.90. The van der Waals surface area contributed by atoms with Crippen LogP contribution in [0.3, 0.4) is 0 Å². The van der Waals surface area contributed by atoms with Crippen LogP contribution in [0.4, 0.5) is 0 Å². The smallest absolute Gasteiger partial charge is 0.348 e. The number of ether oxygens (including phenoxy) is 1. The SMILES string of the molecule is CCC#CCC(C)[C@@H](O)/C=C/[C@H]1CCC(=O)N1CC#Cc1ccc(C(=O)OC)s1. The highest BCUT2D eigenvalue weighted by molar-refractivity contribution is 7.14. The predicted octanol–water partition coefficient (Wildman–Crippen LogP) is 3.23. The van der Waals surface area contributed by atoms with Gasteiger partial charge in [0, 0.05) is 19.3 Å². The first-order valence-electron chi connectivity index (χ1n) is 9.74. The minimum Gasteiger partial charge on any atom is -0.465 e. The molecule has 2 heterocycles. The lowest BCUT2D eigenvalue weighted by molar-refractivity contribution is -0.127. The Balaban J connectivity index is 1.95. The van der Waals surface area contributed by atoms with Gasteiger partial charge in [0.05, 0.1) is 30.7 Å². The molecule has 0 bridgehead atoms. The lowest BCUT2D eigenvalue weighted by atomic mass is 10.00. The van der Waals surface area contributed by atoms with E-state index in [1.54, 1.807) is 23.1 Å². The quantitative estimate of drug-likeness (QED) is 0.442. The van der Waals surface area contributed by atoms with Gasteiger partial charge < -0.3 is 14.7 Å². The Kier molecular flexibility index (Phi) is 8.99. The van der Waals surface area contributed by atoms with Crippen LogP contribution in [-0.2, 0) is 9.53 Å². The van der Waals surface area contributed by atoms with Crippen molar-refractivity contribution in [2.24, 2.45) is 5.92 Å². The van der Waals surface area contributed by atoms with Crippen molar-refractivity contribution in [1.82, 2.24) is 4.90 Å². The van der Waals surface area contributed by atoms with E-state index in [1.165, 1.54) is 18.4 Å². The third-order valence-corrected chi connectivity index (χ3v) is 5.65. The van der Waals surface area contributed by atoms with Crippen LogP contribution < -0.4 is 0 Å². The second kappa shape index (κ2) is 11.5. The molecule has 1 aromatic rings. The van der Waals surface area contributed by atoms with Gasteiger partial charge >= 0.3 is 5.97 Å². The lowest BCUT2D eigenvalue weighted by Crippen LogP contribution is -2.32. The van der Waals surface area contributed by atoms with Gasteiger partial charge in [0.25, 0.3) is 0 Å². The Morgan fingerprint density at radius 2 is 2.21 bits per heavy atom. The van der Waals surface area contributed by atoms with Gasteiger partial charge in [-0.15, -0.1) is 23.2 Å². The van der Waals surface area contributed by atoms with Gasteiger partial charge in [-0.05, 0) is 24.5 Å². The fraction of sp³-hybridized carbons (Fsp3) is 0.478. The van der Waals surface area contributed by atoms with Gasteiger partial charge in [0.2, 0.25) is 5.91 Å². The van der Waals surface area contributed by atoms with Crippen LogP contribution in [0, 0.1) is 29.6 Å². The maximum absolute atomic E-state index is 12.2. The number of aliphatic hydroxyl groups excluding tert-OH is 1. The fourth-order valence-corrected chi connectivity index (χ4v) is 3.70. The molecule has 154 valence electrons. The Morgan fingerprint density at radius 3 is 2.93 bits per heavy atom. The van der Waals surface area contributed by atoms with Gasteiger partial charge in [0.15, 0.2) is 0 Å². The molecular weight excluding hydrogens is 386 g/mol. The van der Waals surface area contributed by atoms with Crippen molar-refractivity contribution in [2.45, 2.75) is 51.7 Å². The summed E-state index contributed by atoms with van der Waals surface area (Å²) in [5.74, 6) is 11.8. The monoisotopic (exact) mass is 413 g/mol. The van der Waals surface area contributed by atoms with Crippen LogP contribution >= 0.6 is 11.3 Å². The van der Waals surface area contributed by atoms with Gasteiger partial charge in [-0.2, -0.15) is 0 Å². The molecule has 0 radical (unpaired) electrons. The van der Waals surface area contributed by atoms with Crippen molar-refractivity contribution >= 4 is 23.2 Å². The minimum atomic E-state index is -0.590. The van der Waals surface area contributed by atoms with Crippen LogP contribution in [0.25, 0.3) is 0 Å². The van der Waals surface area contributed by atoms with E-state index in [9.17, 15) is 14.7 Å². The molecule has 0 aliphatic carbocycles. The number of methoxy groups -OCH3 is 1. The second-order valence-corrected chi connectivity index (χ2v) is 7.93. The molecule has 1 amide bonds. The molecule has 1 aliphatic rings. The van der Waals surface area contributed by atoms with Crippen molar-refractivity contribution < 1.29 is 19.4 Å². The Bertz CT molecular complexity index is 865. The average molecular weight is 414 g/mol. The summed E-state index contributed by atoms with van der Waals surface area (Å²) in [7, 11) is 1.34. The summed E-state index contributed by atoms with van der Waals surface area (Å²) < 4.78 is 4.69. The first-order valence-corrected chi connectivity index (χ1v) is 10.6. The van der Waals surface area contributed by atoms with Crippen molar-refractivity contribution in [2.75, 3.05) is 13.7 Å². The third kappa shape index (κ3) is 6.78. The normalized spacial score (nSPS) is 18.0. The number of hydrogen-bond donors (Lipinski definition) is 1. The summed E-state index contributed by atoms with van der Waals surface area (Å²) >= 11 is 1.27. The first-order chi connectivity index (χ1) is 14.0. The van der Waals surface area contributed by atoms with Crippen LogP contribution in [0.1, 0.15) is 54.1 Å². The minimum absolute atomic E-state index is 0.0403. The van der Waals surface area contributed by atoms with Gasteiger partial charge in [-0.3, -0.25) is 4.79 Å². The number of hydrogen-bond acceptors (Lipinski definition) is 5. The summed E-state index contributed by atoms with van der Waals surface area (Å²) in [6.07, 6.45) is 5.74. The number of thiophene rings is 1. The molecule has 29 heavy (non-hydrogen) atoms. The molecule has 6 heteroatoms. The molecule has 1 fully saturated rings. The molecule has 1 unspecified atom stereocenters. The van der Waals surface area contributed by atoms with Gasteiger partial charge in [-0.25, -0.2) is 4.79 Å². The zero-order valence-electron chi connectivity index (χ0n) is 17.1. The van der Waals surface area contributed by atoms with Crippen molar-refractivity contribution in [3.05, 3.63) is 34.0 Å². The molecule has 0 aromatic carbocycles.